The number of nitrogens with zero attached hydrogens (tertiary/aromatic N) is 4. The van der Waals surface area contributed by atoms with E-state index < -0.39 is 5.41 Å². The molecule has 0 N–H and O–H groups in total. The van der Waals surface area contributed by atoms with Crippen LogP contribution in [0.25, 0.3) is 11.3 Å². The van der Waals surface area contributed by atoms with Gasteiger partial charge in [0.15, 0.2) is 11.7 Å². The van der Waals surface area contributed by atoms with Crippen molar-refractivity contribution in [2.75, 3.05) is 50.8 Å². The molecule has 2 fully saturated rings. The van der Waals surface area contributed by atoms with Gasteiger partial charge in [-0.1, -0.05) is 37.3 Å². The zero-order valence-electron chi connectivity index (χ0n) is 23.2. The van der Waals surface area contributed by atoms with Crippen molar-refractivity contribution in [2.45, 2.75) is 45.4 Å². The normalized spacial score (nSPS) is 17.3. The van der Waals surface area contributed by atoms with E-state index in [0.29, 0.717) is 57.3 Å². The SMILES string of the molecule is CCOc1cc(N2CCN(C(=O)N3CCC(C(C)=O)(c4ccccc4)CC3)CC2)ccc1-c1cnc(CC)o1. The fraction of sp³-hybridized carbons (Fsp3) is 0.452. The molecule has 0 saturated carbocycles. The number of rotatable bonds is 7. The highest BCUT2D eigenvalue weighted by Crippen LogP contribution is 2.37. The number of hydrogen-bond donors (Lipinski definition) is 0. The molecule has 8 nitrogen and oxygen atoms in total. The molecule has 0 atom stereocenters. The number of aromatic nitrogens is 1. The molecular formula is C31H38N4O4. The van der Waals surface area contributed by atoms with Crippen molar-refractivity contribution >= 4 is 17.5 Å². The standard InChI is InChI=1S/C31H38N4O4/c1-4-29-32-22-28(39-29)26-12-11-25(21-27(26)38-5-2)33-17-19-35(20-18-33)30(37)34-15-13-31(14-16-34,23(3)36)24-9-7-6-8-10-24/h6-12,21-22H,4-5,13-20H2,1-3H3. The third-order valence-corrected chi connectivity index (χ3v) is 8.19. The van der Waals surface area contributed by atoms with Gasteiger partial charge in [-0.15, -0.1) is 0 Å². The molecule has 0 spiro atoms. The Morgan fingerprint density at radius 2 is 1.64 bits per heavy atom. The first-order chi connectivity index (χ1) is 18.9. The molecule has 39 heavy (non-hydrogen) atoms. The van der Waals surface area contributed by atoms with Gasteiger partial charge in [-0.3, -0.25) is 4.79 Å². The summed E-state index contributed by atoms with van der Waals surface area (Å²) in [5, 5.41) is 0. The molecule has 0 radical (unpaired) electrons. The number of benzene rings is 2. The maximum absolute atomic E-state index is 13.4. The molecular weight excluding hydrogens is 492 g/mol. The quantitative estimate of drug-likeness (QED) is 0.420. The summed E-state index contributed by atoms with van der Waals surface area (Å²) in [6.45, 7) is 10.2. The van der Waals surface area contributed by atoms with Gasteiger partial charge < -0.3 is 23.9 Å². The summed E-state index contributed by atoms with van der Waals surface area (Å²) in [5.74, 6) is 2.37. The van der Waals surface area contributed by atoms with Crippen LogP contribution in [0.15, 0.2) is 59.1 Å². The Kier molecular flexibility index (Phi) is 7.91. The third kappa shape index (κ3) is 5.37. The number of Topliss-reactive ketones (excluding diaryl/α,β-unsaturated/α-hetero) is 1. The molecule has 1 aromatic heterocycles. The average molecular weight is 531 g/mol. The van der Waals surface area contributed by atoms with E-state index >= 15 is 0 Å². The van der Waals surface area contributed by atoms with Crippen LogP contribution >= 0.6 is 0 Å². The molecule has 206 valence electrons. The zero-order chi connectivity index (χ0) is 27.4. The predicted octanol–water partition coefficient (Wildman–Crippen LogP) is 5.17. The van der Waals surface area contributed by atoms with E-state index in [4.69, 9.17) is 9.15 Å². The summed E-state index contributed by atoms with van der Waals surface area (Å²) < 4.78 is 11.8. The van der Waals surface area contributed by atoms with Gasteiger partial charge in [-0.25, -0.2) is 9.78 Å². The van der Waals surface area contributed by atoms with Crippen molar-refractivity contribution in [3.05, 3.63) is 66.2 Å². The van der Waals surface area contributed by atoms with Gasteiger partial charge in [0.25, 0.3) is 0 Å². The molecule has 3 aromatic rings. The second-order valence-corrected chi connectivity index (χ2v) is 10.3. The van der Waals surface area contributed by atoms with Crippen molar-refractivity contribution in [3.63, 3.8) is 0 Å². The maximum Gasteiger partial charge on any atom is 0.320 e. The number of oxazole rings is 1. The number of piperazine rings is 1. The van der Waals surface area contributed by atoms with Gasteiger partial charge in [0.2, 0.25) is 0 Å². The second kappa shape index (κ2) is 11.5. The molecule has 0 bridgehead atoms. The van der Waals surface area contributed by atoms with Crippen molar-refractivity contribution in [3.8, 4) is 17.1 Å². The van der Waals surface area contributed by atoms with Crippen LogP contribution in [0, 0.1) is 0 Å². The Hall–Kier alpha value is -3.81. The van der Waals surface area contributed by atoms with Crippen LogP contribution in [-0.2, 0) is 16.6 Å². The fourth-order valence-corrected chi connectivity index (χ4v) is 5.82. The third-order valence-electron chi connectivity index (χ3n) is 8.19. The molecule has 5 rings (SSSR count). The molecule has 8 heteroatoms. The Labute approximate surface area is 230 Å². The molecule has 2 aliphatic heterocycles. The van der Waals surface area contributed by atoms with Crippen LogP contribution in [0.1, 0.15) is 45.1 Å². The predicted molar refractivity (Wildman–Crippen MR) is 151 cm³/mol. The van der Waals surface area contributed by atoms with E-state index in [9.17, 15) is 9.59 Å². The highest BCUT2D eigenvalue weighted by atomic mass is 16.5. The van der Waals surface area contributed by atoms with Crippen LogP contribution in [0.2, 0.25) is 0 Å². The number of ketones is 1. The highest BCUT2D eigenvalue weighted by Gasteiger charge is 2.42. The lowest BCUT2D eigenvalue weighted by atomic mass is 9.70. The van der Waals surface area contributed by atoms with Crippen LogP contribution in [0.3, 0.4) is 0 Å². The number of ether oxygens (including phenoxy) is 1. The monoisotopic (exact) mass is 530 g/mol. The van der Waals surface area contributed by atoms with E-state index in [1.165, 1.54) is 0 Å². The smallest absolute Gasteiger partial charge is 0.320 e. The fourth-order valence-electron chi connectivity index (χ4n) is 5.82. The largest absolute Gasteiger partial charge is 0.493 e. The number of carbonyl (C=O) groups excluding carboxylic acids is 2. The number of amides is 2. The van der Waals surface area contributed by atoms with Gasteiger partial charge in [-0.2, -0.15) is 0 Å². The first kappa shape index (κ1) is 26.8. The first-order valence-corrected chi connectivity index (χ1v) is 14.0. The van der Waals surface area contributed by atoms with Crippen LogP contribution in [-0.4, -0.2) is 72.5 Å². The lowest BCUT2D eigenvalue weighted by Gasteiger charge is -2.43. The number of urea groups is 1. The van der Waals surface area contributed by atoms with Gasteiger partial charge in [0, 0.05) is 57.4 Å². The first-order valence-electron chi connectivity index (χ1n) is 14.0. The number of hydrogen-bond acceptors (Lipinski definition) is 6. The van der Waals surface area contributed by atoms with Crippen LogP contribution in [0.4, 0.5) is 10.5 Å². The molecule has 2 saturated heterocycles. The Balaban J connectivity index is 1.21. The van der Waals surface area contributed by atoms with Crippen molar-refractivity contribution in [2.24, 2.45) is 0 Å². The van der Waals surface area contributed by atoms with Crippen LogP contribution < -0.4 is 9.64 Å². The van der Waals surface area contributed by atoms with Gasteiger partial charge >= 0.3 is 6.03 Å². The summed E-state index contributed by atoms with van der Waals surface area (Å²) in [6, 6.07) is 16.3. The number of anilines is 1. The van der Waals surface area contributed by atoms with Gasteiger partial charge in [-0.05, 0) is 44.4 Å². The second-order valence-electron chi connectivity index (χ2n) is 10.3. The number of carbonyl (C=O) groups is 2. The topological polar surface area (TPSA) is 79.1 Å². The lowest BCUT2D eigenvalue weighted by Crippen LogP contribution is -2.56. The van der Waals surface area contributed by atoms with Crippen molar-refractivity contribution in [1.29, 1.82) is 0 Å². The van der Waals surface area contributed by atoms with E-state index in [1.807, 2.05) is 60.0 Å². The highest BCUT2D eigenvalue weighted by molar-refractivity contribution is 5.88. The van der Waals surface area contributed by atoms with Gasteiger partial charge in [0.1, 0.15) is 11.5 Å². The molecule has 0 unspecified atom stereocenters. The summed E-state index contributed by atoms with van der Waals surface area (Å²) in [6.07, 6.45) is 3.82. The zero-order valence-corrected chi connectivity index (χ0v) is 23.2. The average Bonchev–Trinajstić information content (AvgIpc) is 3.47. The summed E-state index contributed by atoms with van der Waals surface area (Å²) in [7, 11) is 0. The van der Waals surface area contributed by atoms with Crippen molar-refractivity contribution in [1.82, 2.24) is 14.8 Å². The molecule has 2 aliphatic rings. The minimum atomic E-state index is -0.495. The van der Waals surface area contributed by atoms with E-state index in [-0.39, 0.29) is 11.8 Å². The summed E-state index contributed by atoms with van der Waals surface area (Å²) in [5.41, 5.74) is 2.52. The van der Waals surface area contributed by atoms with E-state index in [2.05, 4.69) is 22.0 Å². The van der Waals surface area contributed by atoms with Crippen LogP contribution in [0.5, 0.6) is 5.75 Å². The number of piperidine rings is 1. The Morgan fingerprint density at radius 1 is 0.949 bits per heavy atom. The van der Waals surface area contributed by atoms with E-state index in [0.717, 1.165) is 42.1 Å². The van der Waals surface area contributed by atoms with Crippen molar-refractivity contribution < 1.29 is 18.7 Å². The molecule has 3 heterocycles. The minimum absolute atomic E-state index is 0.0715. The molecule has 0 aliphatic carbocycles. The Morgan fingerprint density at radius 3 is 2.26 bits per heavy atom. The summed E-state index contributed by atoms with van der Waals surface area (Å²) >= 11 is 0. The maximum atomic E-state index is 13.4. The summed E-state index contributed by atoms with van der Waals surface area (Å²) in [4.78, 5) is 36.6. The Bertz CT molecular complexity index is 1290. The number of likely N-dealkylation sites (tertiary alicyclic amines) is 1. The van der Waals surface area contributed by atoms with E-state index in [1.54, 1.807) is 13.1 Å². The minimum Gasteiger partial charge on any atom is -0.493 e. The number of aryl methyl sites for hydroxylation is 1. The lowest BCUT2D eigenvalue weighted by molar-refractivity contribution is -0.124. The van der Waals surface area contributed by atoms with Gasteiger partial charge in [0.05, 0.1) is 23.8 Å². The molecule has 2 aromatic carbocycles. The molecule has 2 amide bonds.